The molecule has 2 N–H and O–H groups in total. The molecule has 0 aliphatic carbocycles. The fraction of sp³-hybridized carbons (Fsp3) is 0.267. The lowest BCUT2D eigenvalue weighted by atomic mass is 10.1. The maximum atomic E-state index is 14.6. The first-order valence-electron chi connectivity index (χ1n) is 13.0. The Kier molecular flexibility index (Phi) is 7.60. The van der Waals surface area contributed by atoms with Gasteiger partial charge in [-0.05, 0) is 36.8 Å². The van der Waals surface area contributed by atoms with Crippen LogP contribution in [0.25, 0.3) is 0 Å². The summed E-state index contributed by atoms with van der Waals surface area (Å²) in [5.74, 6) is -1.50. The molecule has 9 heteroatoms. The summed E-state index contributed by atoms with van der Waals surface area (Å²) < 4.78 is 31.6. The van der Waals surface area contributed by atoms with Crippen molar-refractivity contribution in [1.29, 1.82) is 0 Å². The van der Waals surface area contributed by atoms with Crippen LogP contribution in [0.5, 0.6) is 0 Å². The van der Waals surface area contributed by atoms with Crippen LogP contribution in [0.1, 0.15) is 22.9 Å². The normalized spacial score (nSPS) is 14.5. The van der Waals surface area contributed by atoms with E-state index in [2.05, 4.69) is 4.90 Å². The van der Waals surface area contributed by atoms with Crippen molar-refractivity contribution >= 4 is 11.4 Å². The molecule has 3 aromatic carbocycles. The monoisotopic (exact) mass is 531 g/mol. The van der Waals surface area contributed by atoms with Crippen molar-refractivity contribution in [2.24, 2.45) is 5.73 Å². The van der Waals surface area contributed by atoms with Crippen molar-refractivity contribution in [2.45, 2.75) is 26.1 Å². The molecule has 7 nitrogen and oxygen atoms in total. The van der Waals surface area contributed by atoms with Crippen LogP contribution in [-0.4, -0.2) is 35.3 Å². The smallest absolute Gasteiger partial charge is 0.331 e. The predicted octanol–water partition coefficient (Wildman–Crippen LogP) is 3.67. The van der Waals surface area contributed by atoms with E-state index < -0.39 is 28.9 Å². The molecule has 1 aliphatic heterocycles. The Morgan fingerprint density at radius 1 is 0.769 bits per heavy atom. The summed E-state index contributed by atoms with van der Waals surface area (Å²) in [6.07, 6.45) is 0. The molecule has 2 heterocycles. The number of piperazine rings is 1. The van der Waals surface area contributed by atoms with Gasteiger partial charge in [-0.15, -0.1) is 0 Å². The van der Waals surface area contributed by atoms with Gasteiger partial charge in [0, 0.05) is 49.2 Å². The first kappa shape index (κ1) is 26.4. The molecule has 5 rings (SSSR count). The Bertz CT molecular complexity index is 1540. The first-order chi connectivity index (χ1) is 18.8. The Hall–Kier alpha value is -4.24. The minimum Gasteiger partial charge on any atom is -0.368 e. The Balaban J connectivity index is 1.55. The first-order valence-corrected chi connectivity index (χ1v) is 13.0. The quantitative estimate of drug-likeness (QED) is 0.394. The molecular weight excluding hydrogens is 500 g/mol. The average Bonchev–Trinajstić information content (AvgIpc) is 2.96. The molecule has 4 aromatic rings. The number of aromatic nitrogens is 2. The van der Waals surface area contributed by atoms with Gasteiger partial charge >= 0.3 is 5.69 Å². The summed E-state index contributed by atoms with van der Waals surface area (Å²) in [6, 6.07) is 22.2. The number of nitrogens with two attached hydrogens (primary N) is 1. The lowest BCUT2D eigenvalue weighted by Gasteiger charge is -2.38. The third-order valence-electron chi connectivity index (χ3n) is 7.36. The van der Waals surface area contributed by atoms with E-state index in [0.717, 1.165) is 28.0 Å². The largest absolute Gasteiger partial charge is 0.368 e. The zero-order valence-electron chi connectivity index (χ0n) is 21.8. The predicted molar refractivity (Wildman–Crippen MR) is 149 cm³/mol. The van der Waals surface area contributed by atoms with E-state index in [1.807, 2.05) is 65.6 Å². The van der Waals surface area contributed by atoms with Gasteiger partial charge in [-0.1, -0.05) is 54.6 Å². The molecule has 39 heavy (non-hydrogen) atoms. The van der Waals surface area contributed by atoms with Crippen molar-refractivity contribution in [3.63, 3.8) is 0 Å². The van der Waals surface area contributed by atoms with E-state index in [0.29, 0.717) is 37.6 Å². The number of para-hydroxylation sites is 1. The fourth-order valence-corrected chi connectivity index (χ4v) is 5.17. The SMILES string of the molecule is Cc1c(N2CCN(c3ccccc3)CC2)c(=O)n(C[C@@H](N)c2ccccc2)c(=O)n1Cc1c(F)cccc1F. The van der Waals surface area contributed by atoms with E-state index in [1.165, 1.54) is 10.6 Å². The van der Waals surface area contributed by atoms with Crippen molar-refractivity contribution in [3.05, 3.63) is 128 Å². The molecule has 0 unspecified atom stereocenters. The van der Waals surface area contributed by atoms with Gasteiger partial charge in [-0.2, -0.15) is 0 Å². The highest BCUT2D eigenvalue weighted by Crippen LogP contribution is 2.22. The summed E-state index contributed by atoms with van der Waals surface area (Å²) in [4.78, 5) is 31.7. The molecule has 1 aromatic heterocycles. The third-order valence-corrected chi connectivity index (χ3v) is 7.36. The molecule has 1 aliphatic rings. The fourth-order valence-electron chi connectivity index (χ4n) is 5.17. The second-order valence-electron chi connectivity index (χ2n) is 9.75. The summed E-state index contributed by atoms with van der Waals surface area (Å²) in [6.45, 7) is 3.67. The standard InChI is InChI=1S/C30H31F2N5O2/c1-21-28(35-17-15-34(16-18-35)23-11-6-3-7-12-23)29(38)37(20-27(33)22-9-4-2-5-10-22)30(39)36(21)19-24-25(31)13-8-14-26(24)32/h2-14,27H,15-20,33H2,1H3/t27-/m1/s1. The van der Waals surface area contributed by atoms with E-state index in [1.54, 1.807) is 6.92 Å². The van der Waals surface area contributed by atoms with Crippen LogP contribution in [-0.2, 0) is 13.1 Å². The van der Waals surface area contributed by atoms with Crippen LogP contribution < -0.4 is 26.8 Å². The number of benzene rings is 3. The van der Waals surface area contributed by atoms with E-state index >= 15 is 0 Å². The number of hydrogen-bond acceptors (Lipinski definition) is 5. The number of anilines is 2. The van der Waals surface area contributed by atoms with E-state index in [-0.39, 0.29) is 18.7 Å². The lowest BCUT2D eigenvalue weighted by Crippen LogP contribution is -2.51. The zero-order chi connectivity index (χ0) is 27.5. The second kappa shape index (κ2) is 11.2. The summed E-state index contributed by atoms with van der Waals surface area (Å²) >= 11 is 0. The molecule has 1 atom stereocenters. The average molecular weight is 532 g/mol. The Morgan fingerprint density at radius 3 is 1.95 bits per heavy atom. The highest BCUT2D eigenvalue weighted by Gasteiger charge is 2.26. The topological polar surface area (TPSA) is 76.5 Å². The molecule has 1 saturated heterocycles. The molecule has 0 radical (unpaired) electrons. The van der Waals surface area contributed by atoms with Gasteiger partial charge in [0.15, 0.2) is 0 Å². The molecular formula is C30H31F2N5O2. The molecule has 202 valence electrons. The Morgan fingerprint density at radius 2 is 1.33 bits per heavy atom. The van der Waals surface area contributed by atoms with Gasteiger partial charge in [-0.25, -0.2) is 13.6 Å². The van der Waals surface area contributed by atoms with Crippen molar-refractivity contribution in [3.8, 4) is 0 Å². The summed E-state index contributed by atoms with van der Waals surface area (Å²) in [7, 11) is 0. The number of nitrogens with zero attached hydrogens (tertiary/aromatic N) is 4. The highest BCUT2D eigenvalue weighted by molar-refractivity contribution is 5.53. The molecule has 0 amide bonds. The van der Waals surface area contributed by atoms with Gasteiger partial charge in [-0.3, -0.25) is 13.9 Å². The van der Waals surface area contributed by atoms with Crippen LogP contribution in [0, 0.1) is 18.6 Å². The maximum absolute atomic E-state index is 14.6. The highest BCUT2D eigenvalue weighted by atomic mass is 19.1. The van der Waals surface area contributed by atoms with Crippen LogP contribution in [0.4, 0.5) is 20.2 Å². The van der Waals surface area contributed by atoms with Gasteiger partial charge < -0.3 is 15.5 Å². The van der Waals surface area contributed by atoms with Crippen LogP contribution in [0.3, 0.4) is 0 Å². The third kappa shape index (κ3) is 5.35. The van der Waals surface area contributed by atoms with Gasteiger partial charge in [0.25, 0.3) is 5.56 Å². The lowest BCUT2D eigenvalue weighted by molar-refractivity contribution is 0.489. The minimum atomic E-state index is -0.752. The van der Waals surface area contributed by atoms with Gasteiger partial charge in [0.1, 0.15) is 17.3 Å². The van der Waals surface area contributed by atoms with Crippen LogP contribution in [0.15, 0.2) is 88.5 Å². The number of hydrogen-bond donors (Lipinski definition) is 1. The van der Waals surface area contributed by atoms with Crippen molar-refractivity contribution in [1.82, 2.24) is 9.13 Å². The molecule has 0 bridgehead atoms. The Labute approximate surface area is 225 Å². The second-order valence-corrected chi connectivity index (χ2v) is 9.75. The van der Waals surface area contributed by atoms with Crippen molar-refractivity contribution in [2.75, 3.05) is 36.0 Å². The minimum absolute atomic E-state index is 0.0707. The van der Waals surface area contributed by atoms with Gasteiger partial charge in [0.05, 0.1) is 13.1 Å². The van der Waals surface area contributed by atoms with Crippen LogP contribution >= 0.6 is 0 Å². The number of rotatable bonds is 7. The van der Waals surface area contributed by atoms with Crippen LogP contribution in [0.2, 0.25) is 0 Å². The van der Waals surface area contributed by atoms with E-state index in [9.17, 15) is 18.4 Å². The molecule has 1 fully saturated rings. The maximum Gasteiger partial charge on any atom is 0.331 e. The molecule has 0 spiro atoms. The zero-order valence-corrected chi connectivity index (χ0v) is 21.8. The number of halogens is 2. The summed E-state index contributed by atoms with van der Waals surface area (Å²) in [5.41, 5.74) is 7.65. The van der Waals surface area contributed by atoms with E-state index in [4.69, 9.17) is 5.73 Å². The molecule has 0 saturated carbocycles. The van der Waals surface area contributed by atoms with Crippen molar-refractivity contribution < 1.29 is 8.78 Å². The summed E-state index contributed by atoms with van der Waals surface area (Å²) in [5, 5.41) is 0. The van der Waals surface area contributed by atoms with Gasteiger partial charge in [0.2, 0.25) is 0 Å².